The second kappa shape index (κ2) is 9.96. The molecule has 3 heterocycles. The van der Waals surface area contributed by atoms with Crippen molar-refractivity contribution in [1.82, 2.24) is 19.5 Å². The molecule has 0 spiro atoms. The van der Waals surface area contributed by atoms with Gasteiger partial charge in [-0.15, -0.1) is 6.42 Å². The summed E-state index contributed by atoms with van der Waals surface area (Å²) in [7, 11) is -16.6. The first-order chi connectivity index (χ1) is 15.7. The molecule has 0 saturated carbocycles. The molecule has 5 atom stereocenters. The number of nitrogens with zero attached hydrogens (tertiary/aromatic N) is 3. The zero-order valence-electron chi connectivity index (χ0n) is 16.7. The molecule has 0 aliphatic carbocycles. The first-order valence-corrected chi connectivity index (χ1v) is 13.4. The summed E-state index contributed by atoms with van der Waals surface area (Å²) >= 11 is 0. The van der Waals surface area contributed by atoms with Crippen LogP contribution in [0.5, 0.6) is 0 Å². The summed E-state index contributed by atoms with van der Waals surface area (Å²) in [6.45, 7) is -0.944. The van der Waals surface area contributed by atoms with Gasteiger partial charge in [-0.25, -0.2) is 18.7 Å². The molecule has 0 radical (unpaired) electrons. The van der Waals surface area contributed by atoms with Crippen LogP contribution < -0.4 is 11.3 Å². The summed E-state index contributed by atoms with van der Waals surface area (Å²) in [6.07, 6.45) is 3.68. The molecule has 0 amide bonds. The Balaban J connectivity index is 1.75. The number of phosphoric acid groups is 3. The molecule has 0 aromatic carbocycles. The first-order valence-electron chi connectivity index (χ1n) is 8.91. The lowest BCUT2D eigenvalue weighted by Gasteiger charge is -2.20. The van der Waals surface area contributed by atoms with E-state index in [9.17, 15) is 28.3 Å². The fourth-order valence-electron chi connectivity index (χ4n) is 2.98. The zero-order chi connectivity index (χ0) is 25.3. The standard InChI is InChI=1S/C13H18N5O13P3/c1-2-3-27-7-4-9(18-6-15-10-11(18)16-13(14)17-12(10)19)29-8(7)5-28-33(23,24)31-34(25,26)30-32(20,21)22/h1,6-9H,3-5H2,(H,23,24)(H,25,26)(H2,20,21,22)(H3,14,16,17,19)/t7-,8?,9-/m1/s1. The first kappa shape index (κ1) is 26.6. The Labute approximate surface area is 189 Å². The third-order valence-corrected chi connectivity index (χ3v) is 7.94. The van der Waals surface area contributed by atoms with E-state index >= 15 is 0 Å². The number of hydrogen-bond acceptors (Lipinski definition) is 12. The number of imidazole rings is 1. The predicted octanol–water partition coefficient (Wildman–Crippen LogP) is -0.649. The molecule has 18 nitrogen and oxygen atoms in total. The van der Waals surface area contributed by atoms with Gasteiger partial charge in [-0.05, 0) is 0 Å². The minimum Gasteiger partial charge on any atom is -0.369 e. The fourth-order valence-corrected chi connectivity index (χ4v) is 6.01. The largest absolute Gasteiger partial charge is 0.490 e. The maximum absolute atomic E-state index is 12.0. The Morgan fingerprint density at radius 3 is 2.62 bits per heavy atom. The zero-order valence-corrected chi connectivity index (χ0v) is 19.4. The highest BCUT2D eigenvalue weighted by Crippen LogP contribution is 2.66. The lowest BCUT2D eigenvalue weighted by molar-refractivity contribution is -0.0544. The number of ether oxygens (including phenoxy) is 2. The quantitative estimate of drug-likeness (QED) is 0.160. The van der Waals surface area contributed by atoms with E-state index in [1.807, 2.05) is 0 Å². The van der Waals surface area contributed by atoms with E-state index in [-0.39, 0.29) is 30.1 Å². The van der Waals surface area contributed by atoms with Crippen molar-refractivity contribution in [2.24, 2.45) is 0 Å². The Morgan fingerprint density at radius 2 is 1.97 bits per heavy atom. The van der Waals surface area contributed by atoms with Crippen LogP contribution in [0.4, 0.5) is 5.95 Å². The van der Waals surface area contributed by atoms with Gasteiger partial charge in [-0.1, -0.05) is 5.92 Å². The number of fused-ring (bicyclic) bond motifs is 1. The van der Waals surface area contributed by atoms with Crippen LogP contribution >= 0.6 is 23.5 Å². The molecule has 7 N–H and O–H groups in total. The van der Waals surface area contributed by atoms with Gasteiger partial charge >= 0.3 is 23.5 Å². The molecular weight excluding hydrogens is 527 g/mol. The van der Waals surface area contributed by atoms with Crippen molar-refractivity contribution < 1.29 is 55.9 Å². The minimum absolute atomic E-state index is 0.0318. The number of anilines is 1. The Morgan fingerprint density at radius 1 is 1.26 bits per heavy atom. The summed E-state index contributed by atoms with van der Waals surface area (Å²) in [6, 6.07) is 0. The molecule has 1 aliphatic heterocycles. The number of terminal acetylenes is 1. The van der Waals surface area contributed by atoms with Crippen molar-refractivity contribution >= 4 is 40.6 Å². The number of nitrogens with one attached hydrogen (secondary N) is 1. The SMILES string of the molecule is C#CCO[C@@H]1C[C@H](n2cnc3c(=O)[nH]c(N)nc32)OC1COP(=O)(O)OP(=O)(O)OP(=O)(O)O. The summed E-state index contributed by atoms with van der Waals surface area (Å²) in [4.78, 5) is 58.2. The van der Waals surface area contributed by atoms with Crippen molar-refractivity contribution in [3.8, 4) is 12.3 Å². The number of aromatic amines is 1. The third-order valence-electron chi connectivity index (χ3n) is 4.14. The monoisotopic (exact) mass is 545 g/mol. The number of nitrogens with two attached hydrogens (primary N) is 1. The van der Waals surface area contributed by atoms with E-state index in [1.165, 1.54) is 10.9 Å². The van der Waals surface area contributed by atoms with Gasteiger partial charge in [-0.2, -0.15) is 13.6 Å². The van der Waals surface area contributed by atoms with Gasteiger partial charge in [0.25, 0.3) is 5.56 Å². The van der Waals surface area contributed by atoms with Crippen molar-refractivity contribution in [2.45, 2.75) is 24.9 Å². The highest BCUT2D eigenvalue weighted by molar-refractivity contribution is 7.66. The van der Waals surface area contributed by atoms with E-state index in [0.29, 0.717) is 0 Å². The topological polar surface area (TPSA) is 268 Å². The molecule has 0 bridgehead atoms. The number of H-pyrrole nitrogens is 1. The summed E-state index contributed by atoms with van der Waals surface area (Å²) in [5.74, 6) is 2.05. The van der Waals surface area contributed by atoms with Crippen LogP contribution in [0.3, 0.4) is 0 Å². The molecule has 21 heteroatoms. The van der Waals surface area contributed by atoms with E-state index in [1.54, 1.807) is 0 Å². The molecule has 1 aliphatic rings. The maximum Gasteiger partial charge on any atom is 0.490 e. The average molecular weight is 545 g/mol. The number of aromatic nitrogens is 4. The van der Waals surface area contributed by atoms with E-state index < -0.39 is 54.1 Å². The van der Waals surface area contributed by atoms with Crippen molar-refractivity contribution in [3.05, 3.63) is 16.7 Å². The molecule has 2 aromatic rings. The highest BCUT2D eigenvalue weighted by atomic mass is 31.3. The molecule has 3 unspecified atom stereocenters. The van der Waals surface area contributed by atoms with Crippen LogP contribution in [-0.4, -0.2) is 64.5 Å². The maximum atomic E-state index is 12.0. The van der Waals surface area contributed by atoms with Crippen LogP contribution in [0.1, 0.15) is 12.6 Å². The second-order valence-electron chi connectivity index (χ2n) is 6.58. The van der Waals surface area contributed by atoms with Crippen molar-refractivity contribution in [2.75, 3.05) is 18.9 Å². The van der Waals surface area contributed by atoms with Crippen LogP contribution in [0.15, 0.2) is 11.1 Å². The van der Waals surface area contributed by atoms with E-state index in [0.717, 1.165) is 0 Å². The van der Waals surface area contributed by atoms with Gasteiger partial charge in [0.15, 0.2) is 11.2 Å². The van der Waals surface area contributed by atoms with Gasteiger partial charge < -0.3 is 34.8 Å². The number of phosphoric ester groups is 1. The van der Waals surface area contributed by atoms with Crippen LogP contribution in [0.25, 0.3) is 11.2 Å². The number of nitrogen functional groups attached to an aromatic ring is 1. The Kier molecular flexibility index (Phi) is 7.80. The summed E-state index contributed by atoms with van der Waals surface area (Å²) < 4.78 is 58.6. The molecule has 1 saturated heterocycles. The Hall–Kier alpha value is -1.96. The molecule has 2 aromatic heterocycles. The van der Waals surface area contributed by atoms with Crippen LogP contribution in [0.2, 0.25) is 0 Å². The molecular formula is C13H18N5O13P3. The normalized spacial score (nSPS) is 24.5. The van der Waals surface area contributed by atoms with Crippen molar-refractivity contribution in [3.63, 3.8) is 0 Å². The van der Waals surface area contributed by atoms with E-state index in [2.05, 4.69) is 34.0 Å². The lowest BCUT2D eigenvalue weighted by Crippen LogP contribution is -2.29. The number of rotatable bonds is 10. The van der Waals surface area contributed by atoms with Gasteiger partial charge in [0.1, 0.15) is 18.9 Å². The smallest absolute Gasteiger partial charge is 0.369 e. The van der Waals surface area contributed by atoms with Gasteiger partial charge in [-0.3, -0.25) is 18.9 Å². The van der Waals surface area contributed by atoms with Crippen molar-refractivity contribution in [1.29, 1.82) is 0 Å². The lowest BCUT2D eigenvalue weighted by atomic mass is 10.2. The van der Waals surface area contributed by atoms with Gasteiger partial charge in [0.2, 0.25) is 5.95 Å². The number of hydrogen-bond donors (Lipinski definition) is 6. The van der Waals surface area contributed by atoms with Crippen LogP contribution in [0, 0.1) is 12.3 Å². The molecule has 34 heavy (non-hydrogen) atoms. The van der Waals surface area contributed by atoms with Gasteiger partial charge in [0.05, 0.1) is 19.0 Å². The highest BCUT2D eigenvalue weighted by Gasteiger charge is 2.43. The molecule has 188 valence electrons. The van der Waals surface area contributed by atoms with Gasteiger partial charge in [0, 0.05) is 6.42 Å². The summed E-state index contributed by atoms with van der Waals surface area (Å²) in [5.41, 5.74) is 5.02. The minimum atomic E-state index is -5.68. The fraction of sp³-hybridized carbons (Fsp3) is 0.462. The average Bonchev–Trinajstić information content (AvgIpc) is 3.25. The van der Waals surface area contributed by atoms with Crippen LogP contribution in [-0.2, 0) is 36.3 Å². The summed E-state index contributed by atoms with van der Waals surface area (Å²) in [5, 5.41) is 0. The predicted molar refractivity (Wildman–Crippen MR) is 109 cm³/mol. The Bertz CT molecular complexity index is 1300. The third kappa shape index (κ3) is 6.80. The molecule has 1 fully saturated rings. The second-order valence-corrected chi connectivity index (χ2v) is 11.0. The molecule has 3 rings (SSSR count). The van der Waals surface area contributed by atoms with E-state index in [4.69, 9.17) is 31.4 Å².